The van der Waals surface area contributed by atoms with Gasteiger partial charge in [-0.25, -0.2) is 4.98 Å². The maximum Gasteiger partial charge on any atom is 0.296 e. The van der Waals surface area contributed by atoms with Crippen molar-refractivity contribution in [2.75, 3.05) is 18.6 Å². The summed E-state index contributed by atoms with van der Waals surface area (Å²) in [6.07, 6.45) is 0. The van der Waals surface area contributed by atoms with E-state index in [9.17, 15) is 4.79 Å². The SMILES string of the molecule is CCOc1cccc2cc(C(=O)N(Cc3ccccc3)c3nc4c(OC)ccc(Cl)c4s3)oc12. The number of nitrogens with zero attached hydrogens (tertiary/aromatic N) is 2. The molecule has 2 heterocycles. The third-order valence-electron chi connectivity index (χ3n) is 5.35. The Labute approximate surface area is 205 Å². The third kappa shape index (κ3) is 4.08. The molecular weight excluding hydrogens is 472 g/mol. The van der Waals surface area contributed by atoms with Crippen LogP contribution < -0.4 is 14.4 Å². The molecule has 6 nitrogen and oxygen atoms in total. The molecule has 172 valence electrons. The Morgan fingerprint density at radius 2 is 1.91 bits per heavy atom. The molecule has 2 aromatic heterocycles. The summed E-state index contributed by atoms with van der Waals surface area (Å²) in [7, 11) is 1.58. The van der Waals surface area contributed by atoms with Gasteiger partial charge in [-0.05, 0) is 36.8 Å². The molecule has 0 aliphatic rings. The van der Waals surface area contributed by atoms with Gasteiger partial charge in [-0.15, -0.1) is 0 Å². The van der Waals surface area contributed by atoms with E-state index in [4.69, 9.17) is 30.5 Å². The molecule has 0 unspecified atom stereocenters. The van der Waals surface area contributed by atoms with Crippen molar-refractivity contribution in [1.82, 2.24) is 4.98 Å². The van der Waals surface area contributed by atoms with Gasteiger partial charge in [-0.1, -0.05) is 65.4 Å². The number of aromatic nitrogens is 1. The van der Waals surface area contributed by atoms with E-state index in [1.165, 1.54) is 11.3 Å². The van der Waals surface area contributed by atoms with Crippen LogP contribution in [-0.2, 0) is 6.54 Å². The van der Waals surface area contributed by atoms with Crippen molar-refractivity contribution in [3.8, 4) is 11.5 Å². The molecule has 1 amide bonds. The van der Waals surface area contributed by atoms with Crippen molar-refractivity contribution in [1.29, 1.82) is 0 Å². The number of anilines is 1. The highest BCUT2D eigenvalue weighted by Crippen LogP contribution is 2.40. The molecule has 0 aliphatic carbocycles. The lowest BCUT2D eigenvalue weighted by Crippen LogP contribution is -2.30. The number of ether oxygens (including phenoxy) is 2. The van der Waals surface area contributed by atoms with Gasteiger partial charge in [0.2, 0.25) is 0 Å². The highest BCUT2D eigenvalue weighted by molar-refractivity contribution is 7.23. The zero-order valence-corrected chi connectivity index (χ0v) is 20.2. The molecule has 0 atom stereocenters. The van der Waals surface area contributed by atoms with E-state index in [1.807, 2.05) is 55.5 Å². The fourth-order valence-electron chi connectivity index (χ4n) is 3.76. The largest absolute Gasteiger partial charge is 0.494 e. The molecular formula is C26H21ClN2O4S. The van der Waals surface area contributed by atoms with Gasteiger partial charge < -0.3 is 13.9 Å². The van der Waals surface area contributed by atoms with Crippen LogP contribution in [0.4, 0.5) is 5.13 Å². The summed E-state index contributed by atoms with van der Waals surface area (Å²) in [6.45, 7) is 2.72. The second kappa shape index (κ2) is 9.37. The van der Waals surface area contributed by atoms with E-state index in [0.717, 1.165) is 15.6 Å². The average Bonchev–Trinajstić information content (AvgIpc) is 3.49. The summed E-state index contributed by atoms with van der Waals surface area (Å²) in [5.74, 6) is 1.09. The number of methoxy groups -OCH3 is 1. The fourth-order valence-corrected chi connectivity index (χ4v) is 5.01. The summed E-state index contributed by atoms with van der Waals surface area (Å²) in [5, 5.41) is 1.85. The molecule has 0 bridgehead atoms. The maximum atomic E-state index is 13.8. The second-order valence-electron chi connectivity index (χ2n) is 7.52. The number of hydrogen-bond donors (Lipinski definition) is 0. The maximum absolute atomic E-state index is 13.8. The molecule has 0 radical (unpaired) electrons. The number of amides is 1. The van der Waals surface area contributed by atoms with Gasteiger partial charge in [0.05, 0.1) is 30.0 Å². The first-order chi connectivity index (χ1) is 16.6. The Bertz CT molecular complexity index is 1480. The van der Waals surface area contributed by atoms with Crippen LogP contribution in [0.5, 0.6) is 11.5 Å². The van der Waals surface area contributed by atoms with E-state index in [-0.39, 0.29) is 11.7 Å². The Balaban J connectivity index is 1.61. The molecule has 0 spiro atoms. The van der Waals surface area contributed by atoms with Crippen LogP contribution in [0.15, 0.2) is 71.1 Å². The Morgan fingerprint density at radius 3 is 2.68 bits per heavy atom. The first-order valence-electron chi connectivity index (χ1n) is 10.7. The predicted molar refractivity (Wildman–Crippen MR) is 136 cm³/mol. The van der Waals surface area contributed by atoms with Crippen molar-refractivity contribution in [3.63, 3.8) is 0 Å². The number of carbonyl (C=O) groups is 1. The zero-order valence-electron chi connectivity index (χ0n) is 18.6. The first-order valence-corrected chi connectivity index (χ1v) is 11.9. The molecule has 8 heteroatoms. The number of benzene rings is 3. The molecule has 0 aliphatic heterocycles. The summed E-state index contributed by atoms with van der Waals surface area (Å²) >= 11 is 7.78. The van der Waals surface area contributed by atoms with E-state index in [2.05, 4.69) is 0 Å². The van der Waals surface area contributed by atoms with Crippen LogP contribution in [0.25, 0.3) is 21.2 Å². The number of thiazole rings is 1. The minimum absolute atomic E-state index is 0.204. The van der Waals surface area contributed by atoms with Gasteiger partial charge in [0.1, 0.15) is 11.3 Å². The number of fused-ring (bicyclic) bond motifs is 2. The third-order valence-corrected chi connectivity index (χ3v) is 6.88. The smallest absolute Gasteiger partial charge is 0.296 e. The second-order valence-corrected chi connectivity index (χ2v) is 8.90. The molecule has 0 N–H and O–H groups in total. The van der Waals surface area contributed by atoms with Crippen LogP contribution in [-0.4, -0.2) is 24.6 Å². The summed E-state index contributed by atoms with van der Waals surface area (Å²) < 4.78 is 17.9. The Hall–Kier alpha value is -3.55. The average molecular weight is 493 g/mol. The number of carbonyl (C=O) groups excluding carboxylic acids is 1. The minimum atomic E-state index is -0.309. The van der Waals surface area contributed by atoms with Crippen molar-refractivity contribution in [3.05, 3.63) is 83.1 Å². The van der Waals surface area contributed by atoms with Crippen molar-refractivity contribution in [2.24, 2.45) is 0 Å². The normalized spacial score (nSPS) is 11.1. The lowest BCUT2D eigenvalue weighted by Gasteiger charge is -2.18. The lowest BCUT2D eigenvalue weighted by molar-refractivity contribution is 0.0960. The van der Waals surface area contributed by atoms with E-state index in [0.29, 0.717) is 45.9 Å². The number of hydrogen-bond acceptors (Lipinski definition) is 6. The number of rotatable bonds is 7. The van der Waals surface area contributed by atoms with E-state index in [1.54, 1.807) is 30.2 Å². The van der Waals surface area contributed by atoms with Crippen LogP contribution in [0.3, 0.4) is 0 Å². The van der Waals surface area contributed by atoms with Crippen molar-refractivity contribution in [2.45, 2.75) is 13.5 Å². The quantitative estimate of drug-likeness (QED) is 0.246. The van der Waals surface area contributed by atoms with Crippen molar-refractivity contribution < 1.29 is 18.7 Å². The Morgan fingerprint density at radius 1 is 1.09 bits per heavy atom. The molecule has 3 aromatic carbocycles. The topological polar surface area (TPSA) is 64.8 Å². The molecule has 0 fully saturated rings. The monoisotopic (exact) mass is 492 g/mol. The minimum Gasteiger partial charge on any atom is -0.494 e. The summed E-state index contributed by atoms with van der Waals surface area (Å²) in [5.41, 5.74) is 2.12. The fraction of sp³-hybridized carbons (Fsp3) is 0.154. The number of para-hydroxylation sites is 1. The summed E-state index contributed by atoms with van der Waals surface area (Å²) in [6, 6.07) is 20.6. The van der Waals surface area contributed by atoms with Gasteiger partial charge >= 0.3 is 0 Å². The van der Waals surface area contributed by atoms with Crippen LogP contribution in [0, 0.1) is 0 Å². The van der Waals surface area contributed by atoms with Gasteiger partial charge in [0.25, 0.3) is 5.91 Å². The van der Waals surface area contributed by atoms with Gasteiger partial charge in [-0.3, -0.25) is 9.69 Å². The van der Waals surface area contributed by atoms with Gasteiger partial charge in [0, 0.05) is 5.39 Å². The lowest BCUT2D eigenvalue weighted by atomic mass is 10.2. The molecule has 5 aromatic rings. The standard InChI is InChI=1S/C26H21ClN2O4S/c1-3-32-20-11-7-10-17-14-21(33-23(17)20)25(30)29(15-16-8-5-4-6-9-16)26-28-22-19(31-2)13-12-18(27)24(22)34-26/h4-14H,3,15H2,1-2H3. The van der Waals surface area contributed by atoms with Crippen molar-refractivity contribution >= 4 is 55.2 Å². The van der Waals surface area contributed by atoms with E-state index >= 15 is 0 Å². The molecule has 34 heavy (non-hydrogen) atoms. The Kier molecular flexibility index (Phi) is 6.13. The highest BCUT2D eigenvalue weighted by atomic mass is 35.5. The van der Waals surface area contributed by atoms with Gasteiger partial charge in [-0.2, -0.15) is 0 Å². The number of halogens is 1. The highest BCUT2D eigenvalue weighted by Gasteiger charge is 2.26. The van der Waals surface area contributed by atoms with Crippen LogP contribution in [0.2, 0.25) is 5.02 Å². The number of furan rings is 1. The predicted octanol–water partition coefficient (Wildman–Crippen LogP) is 6.95. The molecule has 0 saturated heterocycles. The molecule has 5 rings (SSSR count). The van der Waals surface area contributed by atoms with E-state index < -0.39 is 0 Å². The van der Waals surface area contributed by atoms with Crippen LogP contribution in [0.1, 0.15) is 23.0 Å². The molecule has 0 saturated carbocycles. The zero-order chi connectivity index (χ0) is 23.7. The van der Waals surface area contributed by atoms with Crippen LogP contribution >= 0.6 is 22.9 Å². The summed E-state index contributed by atoms with van der Waals surface area (Å²) in [4.78, 5) is 20.1. The van der Waals surface area contributed by atoms with Gasteiger partial charge in [0.15, 0.2) is 22.2 Å². The first kappa shape index (κ1) is 22.3.